The molecule has 1 atom stereocenters. The molecule has 10 heteroatoms. The van der Waals surface area contributed by atoms with Crippen molar-refractivity contribution in [1.29, 1.82) is 0 Å². The highest BCUT2D eigenvalue weighted by molar-refractivity contribution is 7.92. The number of hydrogen-bond acceptors (Lipinski definition) is 5. The Labute approximate surface area is 253 Å². The van der Waals surface area contributed by atoms with Gasteiger partial charge in [-0.1, -0.05) is 67.8 Å². The largest absolute Gasteiger partial charge is 0.497 e. The van der Waals surface area contributed by atoms with Gasteiger partial charge in [-0.25, -0.2) is 8.42 Å². The third-order valence-electron chi connectivity index (χ3n) is 7.69. The second-order valence-electron chi connectivity index (χ2n) is 10.5. The molecule has 4 rings (SSSR count). The molecule has 0 radical (unpaired) electrons. The number of hydrogen-bond donors (Lipinski definition) is 1. The number of anilines is 1. The summed E-state index contributed by atoms with van der Waals surface area (Å²) in [5.41, 5.74) is 1.58. The molecule has 1 saturated carbocycles. The highest BCUT2D eigenvalue weighted by Gasteiger charge is 2.35. The molecule has 0 spiro atoms. The fourth-order valence-corrected chi connectivity index (χ4v) is 7.02. The lowest BCUT2D eigenvalue weighted by Gasteiger charge is -2.34. The highest BCUT2D eigenvalue weighted by atomic mass is 35.5. The zero-order valence-electron chi connectivity index (χ0n) is 24.3. The van der Waals surface area contributed by atoms with Crippen LogP contribution in [0.5, 0.6) is 5.75 Å². The third-order valence-corrected chi connectivity index (χ3v) is 9.88. The van der Waals surface area contributed by atoms with Crippen molar-refractivity contribution >= 4 is 39.1 Å². The normalized spacial score (nSPS) is 14.3. The summed E-state index contributed by atoms with van der Waals surface area (Å²) in [7, 11) is -2.61. The molecular formula is C32H38ClN3O5S. The fourth-order valence-electron chi connectivity index (χ4n) is 5.35. The predicted molar refractivity (Wildman–Crippen MR) is 165 cm³/mol. The summed E-state index contributed by atoms with van der Waals surface area (Å²) in [4.78, 5) is 29.4. The van der Waals surface area contributed by atoms with E-state index in [1.807, 2.05) is 25.1 Å². The van der Waals surface area contributed by atoms with Gasteiger partial charge in [-0.2, -0.15) is 0 Å². The van der Waals surface area contributed by atoms with Crippen LogP contribution in [0.25, 0.3) is 0 Å². The van der Waals surface area contributed by atoms with Gasteiger partial charge in [-0.3, -0.25) is 13.9 Å². The number of carbonyl (C=O) groups is 2. The number of nitrogens with zero attached hydrogens (tertiary/aromatic N) is 2. The minimum absolute atomic E-state index is 0.0440. The van der Waals surface area contributed by atoms with Crippen LogP contribution in [0.15, 0.2) is 77.7 Å². The average molecular weight is 612 g/mol. The Kier molecular flexibility index (Phi) is 10.5. The second kappa shape index (κ2) is 14.1. The van der Waals surface area contributed by atoms with Crippen molar-refractivity contribution in [2.45, 2.75) is 69.5 Å². The maximum absolute atomic E-state index is 14.3. The lowest BCUT2D eigenvalue weighted by atomic mass is 10.1. The molecule has 0 saturated heterocycles. The zero-order chi connectivity index (χ0) is 30.3. The van der Waals surface area contributed by atoms with Crippen molar-refractivity contribution in [2.24, 2.45) is 0 Å². The Morgan fingerprint density at radius 2 is 1.71 bits per heavy atom. The van der Waals surface area contributed by atoms with Gasteiger partial charge in [0.1, 0.15) is 18.3 Å². The number of nitrogens with one attached hydrogen (secondary N) is 1. The number of carbonyl (C=O) groups excluding carboxylic acids is 2. The summed E-state index contributed by atoms with van der Waals surface area (Å²) in [6, 6.07) is 19.5. The Morgan fingerprint density at radius 3 is 2.38 bits per heavy atom. The van der Waals surface area contributed by atoms with E-state index in [-0.39, 0.29) is 23.4 Å². The van der Waals surface area contributed by atoms with Gasteiger partial charge in [0.05, 0.1) is 17.7 Å². The van der Waals surface area contributed by atoms with Crippen LogP contribution in [-0.4, -0.2) is 50.9 Å². The summed E-state index contributed by atoms with van der Waals surface area (Å²) in [6.07, 6.45) is 4.28. The van der Waals surface area contributed by atoms with E-state index >= 15 is 0 Å². The molecule has 0 unspecified atom stereocenters. The van der Waals surface area contributed by atoms with E-state index in [1.54, 1.807) is 56.5 Å². The van der Waals surface area contributed by atoms with Crippen molar-refractivity contribution in [3.63, 3.8) is 0 Å². The number of rotatable bonds is 12. The molecule has 8 nitrogen and oxygen atoms in total. The fraction of sp³-hybridized carbons (Fsp3) is 0.375. The molecule has 0 aliphatic heterocycles. The monoisotopic (exact) mass is 611 g/mol. The maximum atomic E-state index is 14.3. The minimum atomic E-state index is -4.17. The van der Waals surface area contributed by atoms with Crippen LogP contribution >= 0.6 is 11.6 Å². The van der Waals surface area contributed by atoms with Crippen molar-refractivity contribution in [1.82, 2.24) is 10.2 Å². The van der Waals surface area contributed by atoms with Crippen LogP contribution < -0.4 is 14.4 Å². The van der Waals surface area contributed by atoms with Gasteiger partial charge in [-0.15, -0.1) is 0 Å². The van der Waals surface area contributed by atoms with Crippen molar-refractivity contribution in [3.05, 3.63) is 88.9 Å². The summed E-state index contributed by atoms with van der Waals surface area (Å²) in [6.45, 7) is 3.15. The van der Waals surface area contributed by atoms with Crippen molar-refractivity contribution in [3.8, 4) is 5.75 Å². The second-order valence-corrected chi connectivity index (χ2v) is 12.8. The van der Waals surface area contributed by atoms with Crippen LogP contribution in [0.2, 0.25) is 5.02 Å². The number of sulfonamides is 1. The van der Waals surface area contributed by atoms with E-state index in [0.29, 0.717) is 28.4 Å². The van der Waals surface area contributed by atoms with Gasteiger partial charge in [-0.05, 0) is 73.7 Å². The predicted octanol–water partition coefficient (Wildman–Crippen LogP) is 5.72. The van der Waals surface area contributed by atoms with Crippen LogP contribution in [-0.2, 0) is 26.2 Å². The molecule has 3 aromatic carbocycles. The van der Waals surface area contributed by atoms with Crippen LogP contribution in [0.4, 0.5) is 5.69 Å². The van der Waals surface area contributed by atoms with Gasteiger partial charge in [0.25, 0.3) is 10.0 Å². The van der Waals surface area contributed by atoms with Crippen molar-refractivity contribution in [2.75, 3.05) is 18.0 Å². The zero-order valence-corrected chi connectivity index (χ0v) is 25.8. The third kappa shape index (κ3) is 7.25. The molecule has 1 aliphatic rings. The SMILES string of the molecule is CC[C@H](C(=O)NC1CCCC1)N(Cc1cccc(OC)c1)C(=O)CN(c1cccc(Cl)c1C)S(=O)(=O)c1ccccc1. The Morgan fingerprint density at radius 1 is 1.02 bits per heavy atom. The number of halogens is 1. The summed E-state index contributed by atoms with van der Waals surface area (Å²) in [5, 5.41) is 3.50. The Bertz CT molecular complexity index is 1490. The van der Waals surface area contributed by atoms with Crippen LogP contribution in [0.3, 0.4) is 0 Å². The first kappa shape index (κ1) is 31.4. The lowest BCUT2D eigenvalue weighted by Crippen LogP contribution is -2.53. The molecule has 0 heterocycles. The Balaban J connectivity index is 1.74. The van der Waals surface area contributed by atoms with E-state index in [1.165, 1.54) is 17.0 Å². The number of benzene rings is 3. The minimum Gasteiger partial charge on any atom is -0.497 e. The topological polar surface area (TPSA) is 96.0 Å². The van der Waals surface area contributed by atoms with Gasteiger partial charge >= 0.3 is 0 Å². The van der Waals surface area contributed by atoms with E-state index in [4.69, 9.17) is 16.3 Å². The molecule has 2 amide bonds. The average Bonchev–Trinajstić information content (AvgIpc) is 3.51. The molecule has 0 aromatic heterocycles. The van der Waals surface area contributed by atoms with Gasteiger partial charge in [0.15, 0.2) is 0 Å². The first-order valence-electron chi connectivity index (χ1n) is 14.2. The van der Waals surface area contributed by atoms with Gasteiger partial charge < -0.3 is 15.0 Å². The molecule has 1 fully saturated rings. The molecule has 1 N–H and O–H groups in total. The van der Waals surface area contributed by atoms with Gasteiger partial charge in [0, 0.05) is 17.6 Å². The van der Waals surface area contributed by atoms with Crippen LogP contribution in [0, 0.1) is 6.92 Å². The molecule has 1 aliphatic carbocycles. The van der Waals surface area contributed by atoms with Gasteiger partial charge in [0.2, 0.25) is 11.8 Å². The Hall–Kier alpha value is -3.56. The summed E-state index contributed by atoms with van der Waals surface area (Å²) in [5.74, 6) is -0.131. The van der Waals surface area contributed by atoms with E-state index in [2.05, 4.69) is 5.32 Å². The number of methoxy groups -OCH3 is 1. The van der Waals surface area contributed by atoms with E-state index < -0.39 is 28.5 Å². The smallest absolute Gasteiger partial charge is 0.264 e. The molecule has 224 valence electrons. The first-order chi connectivity index (χ1) is 20.1. The molecule has 3 aromatic rings. The standard InChI is InChI=1S/C32H38ClN3O5S/c1-4-29(32(38)34-25-13-8-9-14-25)35(21-24-12-10-15-26(20-24)41-3)31(37)22-36(30-19-11-18-28(33)23(30)2)42(39,40)27-16-6-5-7-17-27/h5-7,10-12,15-20,25,29H,4,8-9,13-14,21-22H2,1-3H3,(H,34,38)/t29-/m1/s1. The van der Waals surface area contributed by atoms with E-state index in [0.717, 1.165) is 35.6 Å². The highest BCUT2D eigenvalue weighted by Crippen LogP contribution is 2.31. The van der Waals surface area contributed by atoms with Crippen molar-refractivity contribution < 1.29 is 22.7 Å². The first-order valence-corrected chi connectivity index (χ1v) is 16.0. The van der Waals surface area contributed by atoms with Crippen LogP contribution in [0.1, 0.15) is 50.2 Å². The maximum Gasteiger partial charge on any atom is 0.264 e. The molecule has 42 heavy (non-hydrogen) atoms. The lowest BCUT2D eigenvalue weighted by molar-refractivity contribution is -0.140. The number of amides is 2. The number of ether oxygens (including phenoxy) is 1. The molecule has 0 bridgehead atoms. The molecular weight excluding hydrogens is 574 g/mol. The quantitative estimate of drug-likeness (QED) is 0.283. The summed E-state index contributed by atoms with van der Waals surface area (Å²) < 4.78 is 34.5. The summed E-state index contributed by atoms with van der Waals surface area (Å²) >= 11 is 6.40. The van der Waals surface area contributed by atoms with E-state index in [9.17, 15) is 18.0 Å².